The molecule has 0 radical (unpaired) electrons. The Morgan fingerprint density at radius 2 is 1.92 bits per heavy atom. The quantitative estimate of drug-likeness (QED) is 0.500. The van der Waals surface area contributed by atoms with Crippen LogP contribution < -0.4 is 9.47 Å². The standard InChI is InChI=1S/C16H15N5O4/c1-24-14-9-12(8-13(21(22)23)15(14)25-2)16-17-19-20(18-16)10-11-6-4-3-5-7-11/h3-9H,10H2,1-2H3. The molecule has 0 aliphatic rings. The number of nitro benzene ring substituents is 1. The summed E-state index contributed by atoms with van der Waals surface area (Å²) in [6.45, 7) is 0.448. The lowest BCUT2D eigenvalue weighted by Gasteiger charge is -2.08. The first-order valence-electron chi connectivity index (χ1n) is 7.35. The van der Waals surface area contributed by atoms with Gasteiger partial charge in [0.1, 0.15) is 0 Å². The molecule has 0 saturated carbocycles. The van der Waals surface area contributed by atoms with Crippen LogP contribution >= 0.6 is 0 Å². The van der Waals surface area contributed by atoms with Crippen LogP contribution in [0.1, 0.15) is 5.56 Å². The molecule has 25 heavy (non-hydrogen) atoms. The Morgan fingerprint density at radius 1 is 1.16 bits per heavy atom. The van der Waals surface area contributed by atoms with Crippen molar-refractivity contribution in [3.05, 3.63) is 58.1 Å². The van der Waals surface area contributed by atoms with E-state index in [1.807, 2.05) is 30.3 Å². The van der Waals surface area contributed by atoms with Gasteiger partial charge in [0.05, 0.1) is 25.7 Å². The summed E-state index contributed by atoms with van der Waals surface area (Å²) >= 11 is 0. The fourth-order valence-corrected chi connectivity index (χ4v) is 2.38. The van der Waals surface area contributed by atoms with Crippen LogP contribution in [0, 0.1) is 10.1 Å². The third kappa shape index (κ3) is 3.39. The average molecular weight is 341 g/mol. The van der Waals surface area contributed by atoms with E-state index in [1.165, 1.54) is 25.1 Å². The Labute approximate surface area is 143 Å². The molecule has 0 amide bonds. The van der Waals surface area contributed by atoms with Gasteiger partial charge in [-0.15, -0.1) is 10.2 Å². The summed E-state index contributed by atoms with van der Waals surface area (Å²) in [5.41, 5.74) is 1.21. The normalized spacial score (nSPS) is 10.5. The largest absolute Gasteiger partial charge is 0.493 e. The molecule has 9 heteroatoms. The number of nitro groups is 1. The molecule has 9 nitrogen and oxygen atoms in total. The van der Waals surface area contributed by atoms with E-state index >= 15 is 0 Å². The average Bonchev–Trinajstić information content (AvgIpc) is 3.09. The van der Waals surface area contributed by atoms with E-state index in [9.17, 15) is 10.1 Å². The molecule has 0 atom stereocenters. The number of methoxy groups -OCH3 is 2. The number of hydrogen-bond donors (Lipinski definition) is 0. The molecular weight excluding hydrogens is 326 g/mol. The van der Waals surface area contributed by atoms with Gasteiger partial charge in [-0.3, -0.25) is 10.1 Å². The maximum Gasteiger partial charge on any atom is 0.315 e. The fraction of sp³-hybridized carbons (Fsp3) is 0.188. The maximum atomic E-state index is 11.3. The lowest BCUT2D eigenvalue weighted by Crippen LogP contribution is -2.03. The van der Waals surface area contributed by atoms with Crippen molar-refractivity contribution in [2.75, 3.05) is 14.2 Å². The molecule has 1 aromatic heterocycles. The number of nitrogens with zero attached hydrogens (tertiary/aromatic N) is 5. The van der Waals surface area contributed by atoms with Crippen molar-refractivity contribution in [2.24, 2.45) is 0 Å². The van der Waals surface area contributed by atoms with Crippen LogP contribution in [0.5, 0.6) is 11.5 Å². The second-order valence-corrected chi connectivity index (χ2v) is 5.12. The van der Waals surface area contributed by atoms with Crippen LogP contribution in [0.4, 0.5) is 5.69 Å². The van der Waals surface area contributed by atoms with Crippen LogP contribution in [0.3, 0.4) is 0 Å². The highest BCUT2D eigenvalue weighted by Crippen LogP contribution is 2.40. The zero-order chi connectivity index (χ0) is 17.8. The summed E-state index contributed by atoms with van der Waals surface area (Å²) in [6.07, 6.45) is 0. The highest BCUT2D eigenvalue weighted by molar-refractivity contribution is 5.68. The lowest BCUT2D eigenvalue weighted by atomic mass is 10.1. The van der Waals surface area contributed by atoms with E-state index in [2.05, 4.69) is 15.4 Å². The summed E-state index contributed by atoms with van der Waals surface area (Å²) in [7, 11) is 2.75. The van der Waals surface area contributed by atoms with Crippen molar-refractivity contribution < 1.29 is 14.4 Å². The Hall–Kier alpha value is -3.49. The van der Waals surface area contributed by atoms with E-state index < -0.39 is 4.92 Å². The van der Waals surface area contributed by atoms with Crippen molar-refractivity contribution >= 4 is 5.69 Å². The van der Waals surface area contributed by atoms with Gasteiger partial charge in [-0.2, -0.15) is 4.80 Å². The predicted octanol–water partition coefficient (Wildman–Crippen LogP) is 2.31. The maximum absolute atomic E-state index is 11.3. The van der Waals surface area contributed by atoms with Gasteiger partial charge in [0.25, 0.3) is 0 Å². The number of aromatic nitrogens is 4. The van der Waals surface area contributed by atoms with Gasteiger partial charge < -0.3 is 9.47 Å². The van der Waals surface area contributed by atoms with Crippen molar-refractivity contribution in [3.8, 4) is 22.9 Å². The highest BCUT2D eigenvalue weighted by atomic mass is 16.6. The topological polar surface area (TPSA) is 105 Å². The van der Waals surface area contributed by atoms with Crippen LogP contribution in [-0.2, 0) is 6.54 Å². The SMILES string of the molecule is COc1cc(-c2nnn(Cc3ccccc3)n2)cc([N+](=O)[O-])c1OC. The molecule has 0 aliphatic carbocycles. The number of rotatable bonds is 6. The summed E-state index contributed by atoms with van der Waals surface area (Å²) in [6, 6.07) is 12.6. The molecule has 0 saturated heterocycles. The van der Waals surface area contributed by atoms with Crippen molar-refractivity contribution in [1.82, 2.24) is 20.2 Å². The van der Waals surface area contributed by atoms with Gasteiger partial charge >= 0.3 is 5.69 Å². The Bertz CT molecular complexity index is 895. The number of ether oxygens (including phenoxy) is 2. The van der Waals surface area contributed by atoms with Gasteiger partial charge in [0, 0.05) is 11.6 Å². The van der Waals surface area contributed by atoms with Gasteiger partial charge in [-0.25, -0.2) is 0 Å². The Balaban J connectivity index is 1.97. The summed E-state index contributed by atoms with van der Waals surface area (Å²) in [5, 5.41) is 23.5. The molecule has 1 heterocycles. The van der Waals surface area contributed by atoms with Crippen LogP contribution in [0.2, 0.25) is 0 Å². The first-order chi connectivity index (χ1) is 12.1. The van der Waals surface area contributed by atoms with Gasteiger partial charge in [0.2, 0.25) is 11.6 Å². The minimum atomic E-state index is -0.542. The zero-order valence-electron chi connectivity index (χ0n) is 13.6. The van der Waals surface area contributed by atoms with Crippen LogP contribution in [-0.4, -0.2) is 39.4 Å². The molecule has 0 bridgehead atoms. The van der Waals surface area contributed by atoms with Crippen LogP contribution in [0.25, 0.3) is 11.4 Å². The van der Waals surface area contributed by atoms with Crippen molar-refractivity contribution in [3.63, 3.8) is 0 Å². The third-order valence-electron chi connectivity index (χ3n) is 3.53. The number of benzene rings is 2. The van der Waals surface area contributed by atoms with E-state index in [4.69, 9.17) is 9.47 Å². The molecule has 0 fully saturated rings. The molecule has 0 N–H and O–H groups in total. The zero-order valence-corrected chi connectivity index (χ0v) is 13.6. The first kappa shape index (κ1) is 16.4. The van der Waals surface area contributed by atoms with E-state index in [0.717, 1.165) is 5.56 Å². The highest BCUT2D eigenvalue weighted by Gasteiger charge is 2.23. The smallest absolute Gasteiger partial charge is 0.315 e. The Kier molecular flexibility index (Phi) is 4.55. The summed E-state index contributed by atoms with van der Waals surface area (Å²) in [5.74, 6) is 0.541. The van der Waals surface area contributed by atoms with E-state index in [0.29, 0.717) is 12.1 Å². The lowest BCUT2D eigenvalue weighted by molar-refractivity contribution is -0.385. The third-order valence-corrected chi connectivity index (χ3v) is 3.53. The first-order valence-corrected chi connectivity index (χ1v) is 7.35. The van der Waals surface area contributed by atoms with E-state index in [1.54, 1.807) is 6.07 Å². The minimum absolute atomic E-state index is 0.0490. The molecule has 0 unspecified atom stereocenters. The van der Waals surface area contributed by atoms with Gasteiger partial charge in [-0.05, 0) is 16.8 Å². The number of hydrogen-bond acceptors (Lipinski definition) is 7. The molecule has 0 aliphatic heterocycles. The summed E-state index contributed by atoms with van der Waals surface area (Å²) in [4.78, 5) is 12.2. The monoisotopic (exact) mass is 341 g/mol. The second kappa shape index (κ2) is 6.95. The summed E-state index contributed by atoms with van der Waals surface area (Å²) < 4.78 is 10.3. The van der Waals surface area contributed by atoms with E-state index in [-0.39, 0.29) is 23.0 Å². The van der Waals surface area contributed by atoms with Gasteiger partial charge in [0.15, 0.2) is 5.75 Å². The molecule has 128 valence electrons. The molecule has 2 aromatic carbocycles. The van der Waals surface area contributed by atoms with Gasteiger partial charge in [-0.1, -0.05) is 30.3 Å². The van der Waals surface area contributed by atoms with Crippen molar-refractivity contribution in [2.45, 2.75) is 6.54 Å². The van der Waals surface area contributed by atoms with Crippen LogP contribution in [0.15, 0.2) is 42.5 Å². The molecule has 3 rings (SSSR count). The predicted molar refractivity (Wildman–Crippen MR) is 88.6 cm³/mol. The number of tetrazole rings is 1. The molecule has 3 aromatic rings. The second-order valence-electron chi connectivity index (χ2n) is 5.12. The molecule has 0 spiro atoms. The Morgan fingerprint density at radius 3 is 2.56 bits per heavy atom. The minimum Gasteiger partial charge on any atom is -0.493 e. The fourth-order valence-electron chi connectivity index (χ4n) is 2.38. The van der Waals surface area contributed by atoms with Crippen molar-refractivity contribution in [1.29, 1.82) is 0 Å². The molecular formula is C16H15N5O4.